The highest BCUT2D eigenvalue weighted by Crippen LogP contribution is 2.29. The predicted molar refractivity (Wildman–Crippen MR) is 93.9 cm³/mol. The van der Waals surface area contributed by atoms with Gasteiger partial charge < -0.3 is 9.84 Å². The molecule has 1 amide bonds. The van der Waals surface area contributed by atoms with Gasteiger partial charge in [-0.2, -0.15) is 0 Å². The van der Waals surface area contributed by atoms with Crippen LogP contribution in [0.25, 0.3) is 0 Å². The third kappa shape index (κ3) is 4.24. The Morgan fingerprint density at radius 3 is 2.26 bits per heavy atom. The lowest BCUT2D eigenvalue weighted by atomic mass is 10.3. The van der Waals surface area contributed by atoms with Crippen molar-refractivity contribution in [2.45, 2.75) is 16.7 Å². The predicted octanol–water partition coefficient (Wildman–Crippen LogP) is 5.15. The highest BCUT2D eigenvalue weighted by atomic mass is 79.9. The van der Waals surface area contributed by atoms with Gasteiger partial charge in [0.1, 0.15) is 5.76 Å². The molecule has 1 N–H and O–H groups in total. The van der Waals surface area contributed by atoms with Gasteiger partial charge >= 0.3 is 0 Å². The molecule has 1 heterocycles. The van der Waals surface area contributed by atoms with Crippen molar-refractivity contribution in [1.82, 2.24) is 5.16 Å². The summed E-state index contributed by atoms with van der Waals surface area (Å²) in [6, 6.07) is 17.4. The Morgan fingerprint density at radius 1 is 1.09 bits per heavy atom. The van der Waals surface area contributed by atoms with E-state index in [-0.39, 0.29) is 11.6 Å². The topological polar surface area (TPSA) is 55.1 Å². The molecule has 0 bridgehead atoms. The van der Waals surface area contributed by atoms with Gasteiger partial charge in [0, 0.05) is 26.0 Å². The van der Waals surface area contributed by atoms with Crippen molar-refractivity contribution < 1.29 is 9.32 Å². The Bertz CT molecular complexity index is 813. The van der Waals surface area contributed by atoms with Crippen LogP contribution < -0.4 is 5.32 Å². The largest absolute Gasteiger partial charge is 0.361 e. The molecule has 0 spiro atoms. The van der Waals surface area contributed by atoms with E-state index in [1.165, 1.54) is 0 Å². The molecule has 23 heavy (non-hydrogen) atoms. The van der Waals surface area contributed by atoms with Crippen molar-refractivity contribution in [3.63, 3.8) is 0 Å². The molecular weight excluding hydrogens is 376 g/mol. The van der Waals surface area contributed by atoms with Crippen LogP contribution in [0, 0.1) is 6.92 Å². The highest BCUT2D eigenvalue weighted by molar-refractivity contribution is 9.10. The molecule has 116 valence electrons. The fourth-order valence-corrected chi connectivity index (χ4v) is 2.99. The third-order valence-corrected chi connectivity index (χ3v) is 4.57. The lowest BCUT2D eigenvalue weighted by Crippen LogP contribution is -2.11. The van der Waals surface area contributed by atoms with Crippen LogP contribution in [0.5, 0.6) is 0 Å². The van der Waals surface area contributed by atoms with E-state index < -0.39 is 0 Å². The maximum Gasteiger partial charge on any atom is 0.277 e. The fourth-order valence-electron chi connectivity index (χ4n) is 1.91. The van der Waals surface area contributed by atoms with Crippen LogP contribution in [-0.4, -0.2) is 11.1 Å². The van der Waals surface area contributed by atoms with Crippen LogP contribution in [0.2, 0.25) is 0 Å². The van der Waals surface area contributed by atoms with Crippen LogP contribution in [-0.2, 0) is 0 Å². The quantitative estimate of drug-likeness (QED) is 0.671. The van der Waals surface area contributed by atoms with Crippen LogP contribution in [0.15, 0.2) is 73.4 Å². The first-order valence-corrected chi connectivity index (χ1v) is 8.49. The minimum Gasteiger partial charge on any atom is -0.361 e. The number of amides is 1. The van der Waals surface area contributed by atoms with Crippen LogP contribution in [0.1, 0.15) is 16.2 Å². The SMILES string of the molecule is Cc1cc(C(=O)Nc2ccc(Sc3ccc(Br)cc3)cc2)no1. The summed E-state index contributed by atoms with van der Waals surface area (Å²) in [6.45, 7) is 1.75. The molecule has 1 aromatic heterocycles. The molecule has 0 radical (unpaired) electrons. The second-order valence-electron chi connectivity index (χ2n) is 4.86. The van der Waals surface area contributed by atoms with E-state index in [1.807, 2.05) is 36.4 Å². The first kappa shape index (κ1) is 15.8. The summed E-state index contributed by atoms with van der Waals surface area (Å²) in [5.41, 5.74) is 0.992. The summed E-state index contributed by atoms with van der Waals surface area (Å²) in [5, 5.41) is 6.49. The zero-order valence-electron chi connectivity index (χ0n) is 12.2. The average Bonchev–Trinajstić information content (AvgIpc) is 2.98. The second-order valence-corrected chi connectivity index (χ2v) is 6.92. The van der Waals surface area contributed by atoms with Gasteiger partial charge in [0.25, 0.3) is 5.91 Å². The van der Waals surface area contributed by atoms with Crippen molar-refractivity contribution in [3.05, 3.63) is 70.5 Å². The van der Waals surface area contributed by atoms with Crippen LogP contribution >= 0.6 is 27.7 Å². The summed E-state index contributed by atoms with van der Waals surface area (Å²) in [6.07, 6.45) is 0. The van der Waals surface area contributed by atoms with E-state index in [0.717, 1.165) is 20.0 Å². The molecule has 0 aliphatic rings. The second kappa shape index (κ2) is 7.02. The number of nitrogens with one attached hydrogen (secondary N) is 1. The normalized spacial score (nSPS) is 10.5. The molecule has 0 aliphatic heterocycles. The number of aryl methyl sites for hydroxylation is 1. The van der Waals surface area contributed by atoms with Gasteiger partial charge in [-0.1, -0.05) is 32.8 Å². The van der Waals surface area contributed by atoms with Crippen molar-refractivity contribution in [3.8, 4) is 0 Å². The fraction of sp³-hybridized carbons (Fsp3) is 0.0588. The first-order valence-electron chi connectivity index (χ1n) is 6.88. The van der Waals surface area contributed by atoms with Crippen molar-refractivity contribution in [2.75, 3.05) is 5.32 Å². The Hall–Kier alpha value is -2.05. The van der Waals surface area contributed by atoms with Gasteiger partial charge in [-0.3, -0.25) is 4.79 Å². The number of hydrogen-bond acceptors (Lipinski definition) is 4. The molecule has 3 rings (SSSR count). The van der Waals surface area contributed by atoms with E-state index in [2.05, 4.69) is 38.5 Å². The Kier molecular flexibility index (Phi) is 4.83. The van der Waals surface area contributed by atoms with Gasteiger partial charge in [0.2, 0.25) is 0 Å². The number of nitrogens with zero attached hydrogens (tertiary/aromatic N) is 1. The van der Waals surface area contributed by atoms with Gasteiger partial charge in [-0.15, -0.1) is 0 Å². The molecule has 0 saturated carbocycles. The smallest absolute Gasteiger partial charge is 0.277 e. The maximum absolute atomic E-state index is 12.0. The van der Waals surface area contributed by atoms with Gasteiger partial charge in [0.05, 0.1) is 0 Å². The number of halogens is 1. The van der Waals surface area contributed by atoms with E-state index in [0.29, 0.717) is 5.76 Å². The van der Waals surface area contributed by atoms with E-state index in [9.17, 15) is 4.79 Å². The molecule has 0 unspecified atom stereocenters. The molecule has 4 nitrogen and oxygen atoms in total. The lowest BCUT2D eigenvalue weighted by Gasteiger charge is -2.05. The summed E-state index contributed by atoms with van der Waals surface area (Å²) in [4.78, 5) is 14.2. The number of anilines is 1. The third-order valence-electron chi connectivity index (χ3n) is 3.02. The summed E-state index contributed by atoms with van der Waals surface area (Å²) >= 11 is 5.09. The number of hydrogen-bond donors (Lipinski definition) is 1. The molecule has 0 aliphatic carbocycles. The molecular formula is C17H13BrN2O2S. The number of carbonyl (C=O) groups excluding carboxylic acids is 1. The van der Waals surface area contributed by atoms with E-state index >= 15 is 0 Å². The zero-order valence-corrected chi connectivity index (χ0v) is 14.6. The number of rotatable bonds is 4. The molecule has 0 fully saturated rings. The summed E-state index contributed by atoms with van der Waals surface area (Å²) in [5.74, 6) is 0.326. The standard InChI is InChI=1S/C17H13BrN2O2S/c1-11-10-16(20-22-11)17(21)19-13-4-8-15(9-5-13)23-14-6-2-12(18)3-7-14/h2-10H,1H3,(H,19,21). The maximum atomic E-state index is 12.0. The number of carbonyl (C=O) groups is 1. The van der Waals surface area contributed by atoms with Crippen molar-refractivity contribution in [2.24, 2.45) is 0 Å². The lowest BCUT2D eigenvalue weighted by molar-refractivity contribution is 0.101. The van der Waals surface area contributed by atoms with Crippen LogP contribution in [0.3, 0.4) is 0 Å². The Labute approximate surface area is 146 Å². The van der Waals surface area contributed by atoms with E-state index in [1.54, 1.807) is 24.8 Å². The number of aromatic nitrogens is 1. The molecule has 6 heteroatoms. The summed E-state index contributed by atoms with van der Waals surface area (Å²) < 4.78 is 5.96. The van der Waals surface area contributed by atoms with Crippen LogP contribution in [0.4, 0.5) is 5.69 Å². The first-order chi connectivity index (χ1) is 11.1. The van der Waals surface area contributed by atoms with E-state index in [4.69, 9.17) is 4.52 Å². The number of benzene rings is 2. The molecule has 3 aromatic rings. The monoisotopic (exact) mass is 388 g/mol. The van der Waals surface area contributed by atoms with Gasteiger partial charge in [0.15, 0.2) is 5.69 Å². The Morgan fingerprint density at radius 2 is 1.70 bits per heavy atom. The minimum atomic E-state index is -0.282. The Balaban J connectivity index is 1.65. The van der Waals surface area contributed by atoms with Crippen molar-refractivity contribution >= 4 is 39.3 Å². The van der Waals surface area contributed by atoms with Crippen molar-refractivity contribution in [1.29, 1.82) is 0 Å². The highest BCUT2D eigenvalue weighted by Gasteiger charge is 2.11. The molecule has 0 saturated heterocycles. The summed E-state index contributed by atoms with van der Waals surface area (Å²) in [7, 11) is 0. The average molecular weight is 389 g/mol. The molecule has 2 aromatic carbocycles. The minimum absolute atomic E-state index is 0.274. The van der Waals surface area contributed by atoms with Gasteiger partial charge in [-0.25, -0.2) is 0 Å². The molecule has 0 atom stereocenters. The van der Waals surface area contributed by atoms with Gasteiger partial charge in [-0.05, 0) is 55.5 Å². The zero-order chi connectivity index (χ0) is 16.2.